The summed E-state index contributed by atoms with van der Waals surface area (Å²) in [5.74, 6) is -0.541. The van der Waals surface area contributed by atoms with Gasteiger partial charge in [0.05, 0.1) is 13.0 Å². The van der Waals surface area contributed by atoms with Crippen LogP contribution in [0.3, 0.4) is 0 Å². The summed E-state index contributed by atoms with van der Waals surface area (Å²) in [5, 5.41) is 2.91. The van der Waals surface area contributed by atoms with Crippen molar-refractivity contribution in [1.82, 2.24) is 5.32 Å². The van der Waals surface area contributed by atoms with Crippen LogP contribution < -0.4 is 5.32 Å². The number of rotatable bonds is 7. The van der Waals surface area contributed by atoms with Crippen molar-refractivity contribution in [2.24, 2.45) is 5.92 Å². The molecule has 0 bridgehead atoms. The zero-order valence-electron chi connectivity index (χ0n) is 15.2. The molecule has 0 saturated carbocycles. The van der Waals surface area contributed by atoms with Crippen LogP contribution in [-0.4, -0.2) is 24.0 Å². The highest BCUT2D eigenvalue weighted by molar-refractivity contribution is 5.89. The van der Waals surface area contributed by atoms with Crippen molar-refractivity contribution in [1.29, 1.82) is 0 Å². The SMILES string of the molecule is CCOC(=O)C(C)(NC(=O)Cc1ccc(C)cc1C)C(C)CC. The number of hydrogen-bond acceptors (Lipinski definition) is 3. The summed E-state index contributed by atoms with van der Waals surface area (Å²) < 4.78 is 5.17. The van der Waals surface area contributed by atoms with Crippen LogP contribution >= 0.6 is 0 Å². The maximum atomic E-state index is 12.5. The third kappa shape index (κ3) is 4.81. The van der Waals surface area contributed by atoms with Gasteiger partial charge in [-0.15, -0.1) is 0 Å². The van der Waals surface area contributed by atoms with Gasteiger partial charge in [0.1, 0.15) is 5.54 Å². The van der Waals surface area contributed by atoms with Gasteiger partial charge in [0.2, 0.25) is 5.91 Å². The summed E-state index contributed by atoms with van der Waals surface area (Å²) in [6.07, 6.45) is 1.04. The molecule has 1 N–H and O–H groups in total. The topological polar surface area (TPSA) is 55.4 Å². The second-order valence-corrected chi connectivity index (χ2v) is 6.39. The fraction of sp³-hybridized carbons (Fsp3) is 0.579. The number of benzene rings is 1. The highest BCUT2D eigenvalue weighted by Gasteiger charge is 2.40. The molecule has 0 radical (unpaired) electrons. The monoisotopic (exact) mass is 319 g/mol. The first-order chi connectivity index (χ1) is 10.7. The number of nitrogens with one attached hydrogen (secondary N) is 1. The first-order valence-corrected chi connectivity index (χ1v) is 8.28. The molecule has 4 heteroatoms. The normalized spacial score (nSPS) is 14.7. The molecule has 1 rings (SSSR count). The van der Waals surface area contributed by atoms with Crippen molar-refractivity contribution in [3.8, 4) is 0 Å². The van der Waals surface area contributed by atoms with E-state index < -0.39 is 5.54 Å². The van der Waals surface area contributed by atoms with Crippen molar-refractivity contribution in [2.75, 3.05) is 6.61 Å². The first-order valence-electron chi connectivity index (χ1n) is 8.28. The predicted octanol–water partition coefficient (Wildman–Crippen LogP) is 3.33. The number of amides is 1. The lowest BCUT2D eigenvalue weighted by Gasteiger charge is -2.33. The fourth-order valence-corrected chi connectivity index (χ4v) is 2.62. The molecule has 1 amide bonds. The van der Waals surface area contributed by atoms with Crippen LogP contribution in [0.2, 0.25) is 0 Å². The molecule has 0 spiro atoms. The Morgan fingerprint density at radius 3 is 2.43 bits per heavy atom. The second kappa shape index (κ2) is 8.14. The van der Waals surface area contributed by atoms with Crippen molar-refractivity contribution < 1.29 is 14.3 Å². The van der Waals surface area contributed by atoms with E-state index in [1.54, 1.807) is 13.8 Å². The Balaban J connectivity index is 2.90. The molecule has 4 nitrogen and oxygen atoms in total. The van der Waals surface area contributed by atoms with E-state index >= 15 is 0 Å². The average Bonchev–Trinajstić information content (AvgIpc) is 2.49. The Hall–Kier alpha value is -1.84. The summed E-state index contributed by atoms with van der Waals surface area (Å²) >= 11 is 0. The zero-order chi connectivity index (χ0) is 17.6. The minimum Gasteiger partial charge on any atom is -0.464 e. The fourth-order valence-electron chi connectivity index (χ4n) is 2.62. The highest BCUT2D eigenvalue weighted by Crippen LogP contribution is 2.22. The van der Waals surface area contributed by atoms with Gasteiger partial charge in [-0.05, 0) is 44.7 Å². The molecule has 0 heterocycles. The molecule has 0 fully saturated rings. The number of carbonyl (C=O) groups excluding carboxylic acids is 2. The molecule has 2 unspecified atom stereocenters. The molecule has 128 valence electrons. The Morgan fingerprint density at radius 1 is 1.26 bits per heavy atom. The Labute approximate surface area is 139 Å². The van der Waals surface area contributed by atoms with E-state index in [2.05, 4.69) is 11.4 Å². The molecule has 1 aromatic carbocycles. The highest BCUT2D eigenvalue weighted by atomic mass is 16.5. The second-order valence-electron chi connectivity index (χ2n) is 6.39. The van der Waals surface area contributed by atoms with Gasteiger partial charge < -0.3 is 10.1 Å². The summed E-state index contributed by atoms with van der Waals surface area (Å²) in [5.41, 5.74) is 2.23. The van der Waals surface area contributed by atoms with Crippen molar-refractivity contribution in [3.63, 3.8) is 0 Å². The van der Waals surface area contributed by atoms with E-state index in [0.717, 1.165) is 17.5 Å². The van der Waals surface area contributed by atoms with E-state index in [9.17, 15) is 9.59 Å². The van der Waals surface area contributed by atoms with Gasteiger partial charge in [0.15, 0.2) is 0 Å². The molecular formula is C19H29NO3. The van der Waals surface area contributed by atoms with Crippen molar-refractivity contribution >= 4 is 11.9 Å². The van der Waals surface area contributed by atoms with Gasteiger partial charge in [-0.25, -0.2) is 4.79 Å². The molecular weight excluding hydrogens is 290 g/mol. The first kappa shape index (κ1) is 19.2. The van der Waals surface area contributed by atoms with Crippen LogP contribution in [0.5, 0.6) is 0 Å². The molecule has 1 aromatic rings. The number of aryl methyl sites for hydroxylation is 2. The van der Waals surface area contributed by atoms with E-state index in [-0.39, 0.29) is 24.2 Å². The van der Waals surface area contributed by atoms with Crippen LogP contribution in [0.25, 0.3) is 0 Å². The smallest absolute Gasteiger partial charge is 0.331 e. The number of carbonyl (C=O) groups is 2. The van der Waals surface area contributed by atoms with Crippen LogP contribution in [0, 0.1) is 19.8 Å². The van der Waals surface area contributed by atoms with E-state index in [0.29, 0.717) is 6.61 Å². The minimum atomic E-state index is -1.000. The van der Waals surface area contributed by atoms with Crippen molar-refractivity contribution in [2.45, 2.75) is 59.9 Å². The van der Waals surface area contributed by atoms with Crippen LogP contribution in [-0.2, 0) is 20.7 Å². The Morgan fingerprint density at radius 2 is 1.91 bits per heavy atom. The van der Waals surface area contributed by atoms with Crippen molar-refractivity contribution in [3.05, 3.63) is 34.9 Å². The van der Waals surface area contributed by atoms with Gasteiger partial charge in [-0.3, -0.25) is 4.79 Å². The molecule has 0 aliphatic carbocycles. The van der Waals surface area contributed by atoms with Gasteiger partial charge in [-0.1, -0.05) is 44.0 Å². The molecule has 0 aliphatic heterocycles. The third-order valence-electron chi connectivity index (χ3n) is 4.55. The molecule has 2 atom stereocenters. The van der Waals surface area contributed by atoms with Crippen LogP contribution in [0.15, 0.2) is 18.2 Å². The minimum absolute atomic E-state index is 0.00962. The third-order valence-corrected chi connectivity index (χ3v) is 4.55. The summed E-state index contributed by atoms with van der Waals surface area (Å²) in [4.78, 5) is 24.8. The molecule has 23 heavy (non-hydrogen) atoms. The van der Waals surface area contributed by atoms with Gasteiger partial charge in [0, 0.05) is 0 Å². The predicted molar refractivity (Wildman–Crippen MR) is 92.3 cm³/mol. The number of ether oxygens (including phenoxy) is 1. The van der Waals surface area contributed by atoms with Crippen LogP contribution in [0.4, 0.5) is 0 Å². The molecule has 0 aromatic heterocycles. The largest absolute Gasteiger partial charge is 0.464 e. The van der Waals surface area contributed by atoms with Gasteiger partial charge in [0.25, 0.3) is 0 Å². The lowest BCUT2D eigenvalue weighted by Crippen LogP contribution is -2.57. The van der Waals surface area contributed by atoms with E-state index in [4.69, 9.17) is 4.74 Å². The summed E-state index contributed by atoms with van der Waals surface area (Å²) in [7, 11) is 0. The molecule has 0 saturated heterocycles. The average molecular weight is 319 g/mol. The Bertz CT molecular complexity index is 568. The summed E-state index contributed by atoms with van der Waals surface area (Å²) in [6.45, 7) is 11.8. The lowest BCUT2D eigenvalue weighted by atomic mass is 9.84. The lowest BCUT2D eigenvalue weighted by molar-refractivity contribution is -0.155. The molecule has 0 aliphatic rings. The number of hydrogen-bond donors (Lipinski definition) is 1. The summed E-state index contributed by atoms with van der Waals surface area (Å²) in [6, 6.07) is 6.02. The van der Waals surface area contributed by atoms with Crippen LogP contribution in [0.1, 0.15) is 50.8 Å². The standard InChI is InChI=1S/C19H29NO3/c1-7-15(5)19(6,18(22)23-8-2)20-17(21)12-16-10-9-13(3)11-14(16)4/h9-11,15H,7-8,12H2,1-6H3,(H,20,21). The quantitative estimate of drug-likeness (QED) is 0.784. The number of esters is 1. The maximum Gasteiger partial charge on any atom is 0.331 e. The van der Waals surface area contributed by atoms with E-state index in [1.165, 1.54) is 5.56 Å². The van der Waals surface area contributed by atoms with E-state index in [1.807, 2.05) is 39.8 Å². The Kier molecular flexibility index (Phi) is 6.79. The zero-order valence-corrected chi connectivity index (χ0v) is 15.2. The maximum absolute atomic E-state index is 12.5. The van der Waals surface area contributed by atoms with Gasteiger partial charge >= 0.3 is 5.97 Å². The van der Waals surface area contributed by atoms with Gasteiger partial charge in [-0.2, -0.15) is 0 Å².